The van der Waals surface area contributed by atoms with E-state index in [1.54, 1.807) is 6.20 Å². The van der Waals surface area contributed by atoms with Crippen molar-refractivity contribution in [2.75, 3.05) is 18.4 Å². The van der Waals surface area contributed by atoms with E-state index >= 15 is 0 Å². The van der Waals surface area contributed by atoms with Crippen LogP contribution in [0.3, 0.4) is 0 Å². The number of nitrogens with zero attached hydrogens (tertiary/aromatic N) is 5. The van der Waals surface area contributed by atoms with Gasteiger partial charge in [-0.25, -0.2) is 9.67 Å². The van der Waals surface area contributed by atoms with Gasteiger partial charge in [0.2, 0.25) is 0 Å². The van der Waals surface area contributed by atoms with Crippen LogP contribution in [0.5, 0.6) is 0 Å². The summed E-state index contributed by atoms with van der Waals surface area (Å²) in [7, 11) is 0. The largest absolute Gasteiger partial charge is 0.317 e. The van der Waals surface area contributed by atoms with E-state index in [-0.39, 0.29) is 5.91 Å². The van der Waals surface area contributed by atoms with Crippen molar-refractivity contribution in [1.82, 2.24) is 30.3 Å². The maximum Gasteiger partial charge on any atom is 0.279 e. The molecule has 0 aliphatic carbocycles. The van der Waals surface area contributed by atoms with E-state index < -0.39 is 0 Å². The molecular weight excluding hydrogens is 350 g/mol. The molecule has 2 N–H and O–H groups in total. The van der Waals surface area contributed by atoms with Crippen LogP contribution in [-0.2, 0) is 0 Å². The number of hydrogen-bond donors (Lipinski definition) is 2. The predicted molar refractivity (Wildman–Crippen MR) is 99.2 cm³/mol. The van der Waals surface area contributed by atoms with Crippen LogP contribution in [0.15, 0.2) is 29.8 Å². The molecule has 0 radical (unpaired) electrons. The first-order valence-corrected chi connectivity index (χ1v) is 9.41. The fraction of sp³-hybridized carbons (Fsp3) is 0.353. The van der Waals surface area contributed by atoms with Gasteiger partial charge in [-0.15, -0.1) is 16.4 Å². The van der Waals surface area contributed by atoms with E-state index in [0.717, 1.165) is 43.0 Å². The lowest BCUT2D eigenvalue weighted by Gasteiger charge is -2.23. The number of piperidine rings is 1. The molecule has 4 rings (SSSR count). The fourth-order valence-electron chi connectivity index (χ4n) is 3.07. The van der Waals surface area contributed by atoms with E-state index in [1.807, 2.05) is 35.2 Å². The topological polar surface area (TPSA) is 97.6 Å². The zero-order valence-electron chi connectivity index (χ0n) is 14.3. The first-order chi connectivity index (χ1) is 12.7. The molecule has 0 atom stereocenters. The minimum absolute atomic E-state index is 0.287. The Morgan fingerprint density at radius 1 is 1.31 bits per heavy atom. The lowest BCUT2D eigenvalue weighted by atomic mass is 10.1. The van der Waals surface area contributed by atoms with Crippen LogP contribution in [0.2, 0.25) is 0 Å². The van der Waals surface area contributed by atoms with E-state index in [4.69, 9.17) is 0 Å². The molecule has 1 fully saturated rings. The Hall–Kier alpha value is -2.65. The third-order valence-corrected chi connectivity index (χ3v) is 5.21. The summed E-state index contributed by atoms with van der Waals surface area (Å²) in [5, 5.41) is 16.8. The average molecular weight is 369 g/mol. The fourth-order valence-corrected chi connectivity index (χ4v) is 3.77. The Kier molecular flexibility index (Phi) is 4.72. The number of amides is 1. The summed E-state index contributed by atoms with van der Waals surface area (Å²) in [5.74, 6) is -0.287. The quantitative estimate of drug-likeness (QED) is 0.732. The van der Waals surface area contributed by atoms with Crippen LogP contribution < -0.4 is 10.6 Å². The van der Waals surface area contributed by atoms with Gasteiger partial charge in [-0.05, 0) is 45.0 Å². The molecule has 0 unspecified atom stereocenters. The summed E-state index contributed by atoms with van der Waals surface area (Å²) >= 11 is 1.36. The molecule has 134 valence electrons. The van der Waals surface area contributed by atoms with Crippen molar-refractivity contribution in [3.8, 4) is 11.4 Å². The SMILES string of the molecule is Cc1c(C(=O)Nc2nc(-c3ccccn3)cs2)nnn1C1CCNCC1. The van der Waals surface area contributed by atoms with Gasteiger partial charge in [-0.3, -0.25) is 15.1 Å². The molecule has 0 bridgehead atoms. The molecule has 0 aromatic carbocycles. The van der Waals surface area contributed by atoms with E-state index in [2.05, 4.69) is 30.9 Å². The number of thiazole rings is 1. The number of carbonyl (C=O) groups is 1. The Morgan fingerprint density at radius 3 is 2.92 bits per heavy atom. The maximum atomic E-state index is 12.6. The van der Waals surface area contributed by atoms with Gasteiger partial charge in [0.05, 0.1) is 17.4 Å². The van der Waals surface area contributed by atoms with Gasteiger partial charge < -0.3 is 5.32 Å². The zero-order chi connectivity index (χ0) is 17.9. The molecule has 3 aromatic heterocycles. The first kappa shape index (κ1) is 16.8. The summed E-state index contributed by atoms with van der Waals surface area (Å²) in [6.07, 6.45) is 3.70. The van der Waals surface area contributed by atoms with Crippen LogP contribution in [0, 0.1) is 6.92 Å². The Balaban J connectivity index is 1.49. The minimum Gasteiger partial charge on any atom is -0.317 e. The highest BCUT2D eigenvalue weighted by molar-refractivity contribution is 7.14. The number of hydrogen-bond acceptors (Lipinski definition) is 7. The van der Waals surface area contributed by atoms with Gasteiger partial charge in [0, 0.05) is 11.6 Å². The van der Waals surface area contributed by atoms with Crippen LogP contribution in [0.1, 0.15) is 35.1 Å². The Morgan fingerprint density at radius 2 is 2.15 bits per heavy atom. The molecule has 1 amide bonds. The van der Waals surface area contributed by atoms with Gasteiger partial charge >= 0.3 is 0 Å². The first-order valence-electron chi connectivity index (χ1n) is 8.53. The van der Waals surface area contributed by atoms with Crippen LogP contribution in [0.25, 0.3) is 11.4 Å². The molecule has 0 spiro atoms. The van der Waals surface area contributed by atoms with E-state index in [9.17, 15) is 4.79 Å². The summed E-state index contributed by atoms with van der Waals surface area (Å²) in [4.78, 5) is 21.3. The van der Waals surface area contributed by atoms with E-state index in [1.165, 1.54) is 11.3 Å². The molecule has 26 heavy (non-hydrogen) atoms. The van der Waals surface area contributed by atoms with Crippen molar-refractivity contribution in [3.63, 3.8) is 0 Å². The second-order valence-electron chi connectivity index (χ2n) is 6.16. The summed E-state index contributed by atoms with van der Waals surface area (Å²) in [5.41, 5.74) is 2.65. The maximum absolute atomic E-state index is 12.6. The number of anilines is 1. The second kappa shape index (κ2) is 7.30. The lowest BCUT2D eigenvalue weighted by molar-refractivity contribution is 0.102. The van der Waals surface area contributed by atoms with Gasteiger partial charge in [0.1, 0.15) is 5.69 Å². The number of nitrogens with one attached hydrogen (secondary N) is 2. The van der Waals surface area contributed by atoms with Crippen molar-refractivity contribution < 1.29 is 4.79 Å². The predicted octanol–water partition coefficient (Wildman–Crippen LogP) is 2.28. The van der Waals surface area contributed by atoms with Crippen molar-refractivity contribution in [1.29, 1.82) is 0 Å². The molecule has 8 nitrogen and oxygen atoms in total. The van der Waals surface area contributed by atoms with Crippen molar-refractivity contribution in [3.05, 3.63) is 41.2 Å². The number of aromatic nitrogens is 5. The van der Waals surface area contributed by atoms with Crippen molar-refractivity contribution >= 4 is 22.4 Å². The molecule has 1 saturated heterocycles. The molecule has 4 heterocycles. The minimum atomic E-state index is -0.287. The lowest BCUT2D eigenvalue weighted by Crippen LogP contribution is -2.30. The highest BCUT2D eigenvalue weighted by Gasteiger charge is 2.23. The number of rotatable bonds is 4. The van der Waals surface area contributed by atoms with Gasteiger partial charge in [-0.1, -0.05) is 11.3 Å². The van der Waals surface area contributed by atoms with Crippen LogP contribution in [-0.4, -0.2) is 44.0 Å². The third kappa shape index (κ3) is 3.35. The highest BCUT2D eigenvalue weighted by atomic mass is 32.1. The molecule has 9 heteroatoms. The molecule has 3 aromatic rings. The average Bonchev–Trinajstić information content (AvgIpc) is 3.30. The van der Waals surface area contributed by atoms with Gasteiger partial charge in [-0.2, -0.15) is 0 Å². The monoisotopic (exact) mass is 369 g/mol. The summed E-state index contributed by atoms with van der Waals surface area (Å²) in [6, 6.07) is 5.94. The molecule has 1 aliphatic heterocycles. The molecule has 0 saturated carbocycles. The van der Waals surface area contributed by atoms with E-state index in [0.29, 0.717) is 16.9 Å². The van der Waals surface area contributed by atoms with Gasteiger partial charge in [0.15, 0.2) is 10.8 Å². The molecule has 1 aliphatic rings. The normalized spacial score (nSPS) is 15.1. The van der Waals surface area contributed by atoms with Crippen LogP contribution in [0.4, 0.5) is 5.13 Å². The molecular formula is C17H19N7OS. The second-order valence-corrected chi connectivity index (χ2v) is 7.01. The zero-order valence-corrected chi connectivity index (χ0v) is 15.2. The van der Waals surface area contributed by atoms with Gasteiger partial charge in [0.25, 0.3) is 5.91 Å². The third-order valence-electron chi connectivity index (χ3n) is 4.45. The number of carbonyl (C=O) groups excluding carboxylic acids is 1. The van der Waals surface area contributed by atoms with Crippen LogP contribution >= 0.6 is 11.3 Å². The summed E-state index contributed by atoms with van der Waals surface area (Å²) < 4.78 is 1.87. The number of pyridine rings is 1. The smallest absolute Gasteiger partial charge is 0.279 e. The Labute approximate surface area is 154 Å². The van der Waals surface area contributed by atoms with Crippen molar-refractivity contribution in [2.45, 2.75) is 25.8 Å². The Bertz CT molecular complexity index is 899. The standard InChI is InChI=1S/C17H19N7OS/c1-11-15(22-23-24(11)12-5-8-18-9-6-12)16(25)21-17-20-14(10-26-17)13-4-2-3-7-19-13/h2-4,7,10,12,18H,5-6,8-9H2,1H3,(H,20,21,25). The van der Waals surface area contributed by atoms with Crippen molar-refractivity contribution in [2.24, 2.45) is 0 Å². The highest BCUT2D eigenvalue weighted by Crippen LogP contribution is 2.24. The summed E-state index contributed by atoms with van der Waals surface area (Å²) in [6.45, 7) is 3.81.